The molecule has 3 N–H and O–H groups in total. The fourth-order valence-electron chi connectivity index (χ4n) is 2.97. The minimum Gasteiger partial charge on any atom is -0.349 e. The molecule has 1 fully saturated rings. The fourth-order valence-corrected chi connectivity index (χ4v) is 2.97. The Balaban J connectivity index is 0.00000242. The summed E-state index contributed by atoms with van der Waals surface area (Å²) in [4.78, 5) is 12.4. The second kappa shape index (κ2) is 7.42. The molecule has 0 spiro atoms. The van der Waals surface area contributed by atoms with Gasteiger partial charge in [0.05, 0.1) is 6.04 Å². The molecule has 1 aliphatic carbocycles. The van der Waals surface area contributed by atoms with Crippen LogP contribution < -0.4 is 11.1 Å². The van der Waals surface area contributed by atoms with E-state index in [0.29, 0.717) is 0 Å². The number of hydrogen-bond acceptors (Lipinski definition) is 2. The van der Waals surface area contributed by atoms with Crippen molar-refractivity contribution in [2.75, 3.05) is 0 Å². The number of carbonyl (C=O) groups is 1. The molecular weight excluding hydrogens is 303 g/mol. The van der Waals surface area contributed by atoms with Gasteiger partial charge in [0.15, 0.2) is 0 Å². The van der Waals surface area contributed by atoms with Gasteiger partial charge in [-0.3, -0.25) is 4.79 Å². The van der Waals surface area contributed by atoms with Gasteiger partial charge in [-0.15, -0.1) is 12.4 Å². The molecule has 1 aromatic carbocycles. The summed E-state index contributed by atoms with van der Waals surface area (Å²) in [6.45, 7) is 6.21. The van der Waals surface area contributed by atoms with Crippen LogP contribution >= 0.6 is 12.4 Å². The summed E-state index contributed by atoms with van der Waals surface area (Å²) in [5.74, 6) is -0.197. The van der Waals surface area contributed by atoms with Crippen LogP contribution in [0.1, 0.15) is 51.6 Å². The molecule has 124 valence electrons. The Morgan fingerprint density at radius 2 is 1.86 bits per heavy atom. The molecule has 2 rings (SSSR count). The van der Waals surface area contributed by atoms with Crippen molar-refractivity contribution in [3.63, 3.8) is 0 Å². The third-order valence-corrected chi connectivity index (χ3v) is 4.20. The third kappa shape index (κ3) is 4.68. The number of rotatable bonds is 3. The van der Waals surface area contributed by atoms with Crippen molar-refractivity contribution in [3.05, 3.63) is 35.6 Å². The average molecular weight is 329 g/mol. The summed E-state index contributed by atoms with van der Waals surface area (Å²) >= 11 is 0. The zero-order valence-electron chi connectivity index (χ0n) is 13.4. The summed E-state index contributed by atoms with van der Waals surface area (Å²) in [5, 5.41) is 3.14. The predicted octanol–water partition coefficient (Wildman–Crippen LogP) is 3.58. The van der Waals surface area contributed by atoms with Crippen molar-refractivity contribution in [1.82, 2.24) is 5.32 Å². The molecule has 5 heteroatoms. The van der Waals surface area contributed by atoms with Crippen LogP contribution in [-0.2, 0) is 4.79 Å². The van der Waals surface area contributed by atoms with Gasteiger partial charge in [0, 0.05) is 12.0 Å². The van der Waals surface area contributed by atoms with Gasteiger partial charge in [-0.25, -0.2) is 4.39 Å². The predicted molar refractivity (Wildman–Crippen MR) is 89.3 cm³/mol. The van der Waals surface area contributed by atoms with Crippen LogP contribution in [0, 0.1) is 17.2 Å². The number of hydrogen-bond donors (Lipinski definition) is 2. The van der Waals surface area contributed by atoms with Crippen molar-refractivity contribution in [2.45, 2.75) is 52.1 Å². The highest BCUT2D eigenvalue weighted by Gasteiger charge is 2.33. The monoisotopic (exact) mass is 328 g/mol. The van der Waals surface area contributed by atoms with Crippen molar-refractivity contribution < 1.29 is 9.18 Å². The highest BCUT2D eigenvalue weighted by molar-refractivity contribution is 5.85. The van der Waals surface area contributed by atoms with E-state index in [-0.39, 0.29) is 47.5 Å². The Hall–Kier alpha value is -1.13. The van der Waals surface area contributed by atoms with Gasteiger partial charge in [-0.2, -0.15) is 0 Å². The van der Waals surface area contributed by atoms with E-state index in [0.717, 1.165) is 24.8 Å². The first-order valence-electron chi connectivity index (χ1n) is 7.59. The van der Waals surface area contributed by atoms with Crippen LogP contribution in [0.2, 0.25) is 0 Å². The van der Waals surface area contributed by atoms with Crippen molar-refractivity contribution >= 4 is 18.3 Å². The maximum Gasteiger partial charge on any atom is 0.223 e. The highest BCUT2D eigenvalue weighted by atomic mass is 35.5. The second-order valence-electron chi connectivity index (χ2n) is 7.13. The lowest BCUT2D eigenvalue weighted by molar-refractivity contribution is -0.126. The number of nitrogens with one attached hydrogen (secondary N) is 1. The van der Waals surface area contributed by atoms with E-state index in [4.69, 9.17) is 5.73 Å². The summed E-state index contributed by atoms with van der Waals surface area (Å²) in [6.07, 6.45) is 2.52. The van der Waals surface area contributed by atoms with E-state index in [9.17, 15) is 9.18 Å². The molecule has 0 radical (unpaired) electrons. The lowest BCUT2D eigenvalue weighted by Crippen LogP contribution is -2.39. The smallest absolute Gasteiger partial charge is 0.223 e. The molecule has 1 saturated carbocycles. The summed E-state index contributed by atoms with van der Waals surface area (Å²) in [6, 6.07) is 6.36. The standard InChI is InChI=1S/C17H25FN2O.ClH/c1-17(2,3)15(11-4-7-13(18)8-5-11)20-16(21)12-6-9-14(19)10-12;/h4-5,7-8,12,14-15H,6,9-10,19H2,1-3H3,(H,20,21);1H. The van der Waals surface area contributed by atoms with E-state index in [2.05, 4.69) is 26.1 Å². The normalized spacial score (nSPS) is 22.8. The van der Waals surface area contributed by atoms with Crippen molar-refractivity contribution in [2.24, 2.45) is 17.1 Å². The Kier molecular flexibility index (Phi) is 6.38. The Morgan fingerprint density at radius 1 is 1.27 bits per heavy atom. The minimum absolute atomic E-state index is 0. The molecule has 1 aromatic rings. The molecule has 0 aromatic heterocycles. The average Bonchev–Trinajstić information content (AvgIpc) is 2.82. The molecule has 0 saturated heterocycles. The van der Waals surface area contributed by atoms with E-state index >= 15 is 0 Å². The van der Waals surface area contributed by atoms with Gasteiger partial charge in [-0.05, 0) is 42.4 Å². The molecule has 0 heterocycles. The Bertz CT molecular complexity index is 498. The van der Waals surface area contributed by atoms with E-state index in [1.807, 2.05) is 0 Å². The first kappa shape index (κ1) is 18.9. The number of halogens is 2. The Morgan fingerprint density at radius 3 is 2.32 bits per heavy atom. The lowest BCUT2D eigenvalue weighted by Gasteiger charge is -2.33. The van der Waals surface area contributed by atoms with Crippen molar-refractivity contribution in [1.29, 1.82) is 0 Å². The van der Waals surface area contributed by atoms with E-state index in [1.165, 1.54) is 12.1 Å². The van der Waals surface area contributed by atoms with Crippen LogP contribution in [0.15, 0.2) is 24.3 Å². The van der Waals surface area contributed by atoms with Gasteiger partial charge in [0.25, 0.3) is 0 Å². The minimum atomic E-state index is -0.264. The molecule has 0 aliphatic heterocycles. The van der Waals surface area contributed by atoms with Gasteiger partial charge in [0.2, 0.25) is 5.91 Å². The number of benzene rings is 1. The Labute approximate surface area is 138 Å². The maximum atomic E-state index is 13.1. The quantitative estimate of drug-likeness (QED) is 0.891. The number of carbonyl (C=O) groups excluding carboxylic acids is 1. The SMILES string of the molecule is CC(C)(C)C(NC(=O)C1CCC(N)C1)c1ccc(F)cc1.Cl. The molecular formula is C17H26ClFN2O. The van der Waals surface area contributed by atoms with Crippen LogP contribution in [0.3, 0.4) is 0 Å². The van der Waals surface area contributed by atoms with Gasteiger partial charge >= 0.3 is 0 Å². The topological polar surface area (TPSA) is 55.1 Å². The van der Waals surface area contributed by atoms with Crippen LogP contribution in [0.4, 0.5) is 4.39 Å². The summed E-state index contributed by atoms with van der Waals surface area (Å²) < 4.78 is 13.1. The first-order chi connectivity index (χ1) is 9.77. The van der Waals surface area contributed by atoms with E-state index < -0.39 is 0 Å². The molecule has 1 amide bonds. The third-order valence-electron chi connectivity index (χ3n) is 4.20. The second-order valence-corrected chi connectivity index (χ2v) is 7.13. The molecule has 3 unspecified atom stereocenters. The van der Waals surface area contributed by atoms with Gasteiger partial charge < -0.3 is 11.1 Å². The summed E-state index contributed by atoms with van der Waals surface area (Å²) in [7, 11) is 0. The lowest BCUT2D eigenvalue weighted by atomic mass is 9.82. The van der Waals surface area contributed by atoms with Crippen molar-refractivity contribution in [3.8, 4) is 0 Å². The van der Waals surface area contributed by atoms with Crippen LogP contribution in [-0.4, -0.2) is 11.9 Å². The van der Waals surface area contributed by atoms with Crippen LogP contribution in [0.5, 0.6) is 0 Å². The van der Waals surface area contributed by atoms with E-state index in [1.54, 1.807) is 12.1 Å². The molecule has 3 nitrogen and oxygen atoms in total. The van der Waals surface area contributed by atoms with Gasteiger partial charge in [-0.1, -0.05) is 32.9 Å². The zero-order chi connectivity index (χ0) is 15.6. The number of amides is 1. The van der Waals surface area contributed by atoms with Crippen LogP contribution in [0.25, 0.3) is 0 Å². The zero-order valence-corrected chi connectivity index (χ0v) is 14.3. The summed E-state index contributed by atoms with van der Waals surface area (Å²) in [5.41, 5.74) is 6.67. The fraction of sp³-hybridized carbons (Fsp3) is 0.588. The molecule has 3 atom stereocenters. The first-order valence-corrected chi connectivity index (χ1v) is 7.59. The highest BCUT2D eigenvalue weighted by Crippen LogP contribution is 2.34. The molecule has 22 heavy (non-hydrogen) atoms. The molecule has 1 aliphatic rings. The number of nitrogens with two attached hydrogens (primary N) is 1. The molecule has 0 bridgehead atoms. The largest absolute Gasteiger partial charge is 0.349 e. The maximum absolute atomic E-state index is 13.1. The van der Waals surface area contributed by atoms with Gasteiger partial charge in [0.1, 0.15) is 5.82 Å².